The Morgan fingerprint density at radius 1 is 1.75 bits per heavy atom. The molecule has 1 amide bonds. The summed E-state index contributed by atoms with van der Waals surface area (Å²) in [6.07, 6.45) is 2.61. The van der Waals surface area contributed by atoms with Crippen molar-refractivity contribution in [3.05, 3.63) is 7.05 Å². The predicted octanol–water partition coefficient (Wildman–Crippen LogP) is 0.769. The zero-order valence-electron chi connectivity index (χ0n) is 7.68. The summed E-state index contributed by atoms with van der Waals surface area (Å²) in [6, 6.07) is 0.335. The van der Waals surface area contributed by atoms with Crippen LogP contribution < -0.4 is 5.32 Å². The van der Waals surface area contributed by atoms with E-state index in [1.807, 2.05) is 11.8 Å². The molecule has 0 aromatic carbocycles. The van der Waals surface area contributed by atoms with Crippen LogP contribution in [0.25, 0.3) is 0 Å². The first-order valence-corrected chi connectivity index (χ1v) is 4.57. The number of likely N-dealkylation sites (tertiary alicyclic amines) is 1. The topological polar surface area (TPSA) is 32.3 Å². The zero-order chi connectivity index (χ0) is 8.97. The highest BCUT2D eigenvalue weighted by atomic mass is 16.1. The molecule has 3 heteroatoms. The molecule has 0 aromatic rings. The van der Waals surface area contributed by atoms with Crippen LogP contribution in [0.5, 0.6) is 0 Å². The quantitative estimate of drug-likeness (QED) is 0.633. The van der Waals surface area contributed by atoms with Crippen LogP contribution in [0.1, 0.15) is 26.2 Å². The van der Waals surface area contributed by atoms with Gasteiger partial charge in [0.15, 0.2) is 0 Å². The molecule has 3 nitrogen and oxygen atoms in total. The molecule has 0 radical (unpaired) electrons. The molecular formula is C9H17N2O-. The summed E-state index contributed by atoms with van der Waals surface area (Å²) in [5.41, 5.74) is 0. The second-order valence-electron chi connectivity index (χ2n) is 3.38. The summed E-state index contributed by atoms with van der Waals surface area (Å²) in [5, 5.41) is 2.99. The number of amides is 1. The molecule has 0 saturated carbocycles. The van der Waals surface area contributed by atoms with Gasteiger partial charge in [-0.2, -0.15) is 0 Å². The summed E-state index contributed by atoms with van der Waals surface area (Å²) in [6.45, 7) is 3.91. The predicted molar refractivity (Wildman–Crippen MR) is 48.4 cm³/mol. The maximum atomic E-state index is 11.2. The number of carbonyl (C=O) groups is 1. The number of nitrogens with zero attached hydrogens (tertiary/aromatic N) is 1. The van der Waals surface area contributed by atoms with Gasteiger partial charge in [-0.15, -0.1) is 0 Å². The Morgan fingerprint density at radius 3 is 3.00 bits per heavy atom. The van der Waals surface area contributed by atoms with Crippen molar-refractivity contribution in [1.82, 2.24) is 10.2 Å². The number of hydrogen-bond donors (Lipinski definition) is 1. The second-order valence-corrected chi connectivity index (χ2v) is 3.38. The maximum Gasteiger partial charge on any atom is 0.220 e. The van der Waals surface area contributed by atoms with Gasteiger partial charge >= 0.3 is 0 Å². The van der Waals surface area contributed by atoms with Crippen molar-refractivity contribution in [2.75, 3.05) is 13.1 Å². The summed E-state index contributed by atoms with van der Waals surface area (Å²) < 4.78 is 0. The number of carbonyl (C=O) groups excluding carboxylic acids is 1. The van der Waals surface area contributed by atoms with Gasteiger partial charge in [0, 0.05) is 12.5 Å². The Labute approximate surface area is 74.1 Å². The lowest BCUT2D eigenvalue weighted by molar-refractivity contribution is -0.121. The highest BCUT2D eigenvalue weighted by molar-refractivity contribution is 5.76. The first kappa shape index (κ1) is 9.52. The summed E-state index contributed by atoms with van der Waals surface area (Å²) in [5.74, 6) is 0.179. The van der Waals surface area contributed by atoms with Gasteiger partial charge in [-0.05, 0) is 25.9 Å². The zero-order valence-corrected chi connectivity index (χ0v) is 7.68. The minimum absolute atomic E-state index is 0.179. The smallest absolute Gasteiger partial charge is 0.220 e. The van der Waals surface area contributed by atoms with Crippen LogP contribution >= 0.6 is 0 Å². The van der Waals surface area contributed by atoms with Gasteiger partial charge in [0.2, 0.25) is 5.91 Å². The molecule has 1 heterocycles. The van der Waals surface area contributed by atoms with E-state index in [-0.39, 0.29) is 5.91 Å². The van der Waals surface area contributed by atoms with Crippen molar-refractivity contribution in [2.24, 2.45) is 0 Å². The van der Waals surface area contributed by atoms with E-state index in [0.29, 0.717) is 12.5 Å². The fourth-order valence-electron chi connectivity index (χ4n) is 1.48. The number of nitrogens with one attached hydrogen (secondary N) is 1. The van der Waals surface area contributed by atoms with E-state index in [4.69, 9.17) is 0 Å². The van der Waals surface area contributed by atoms with Crippen LogP contribution in [-0.4, -0.2) is 29.9 Å². The van der Waals surface area contributed by atoms with Crippen LogP contribution in [0.3, 0.4) is 0 Å². The molecular weight excluding hydrogens is 152 g/mol. The molecule has 70 valence electrons. The van der Waals surface area contributed by atoms with Gasteiger partial charge in [0.25, 0.3) is 0 Å². The van der Waals surface area contributed by atoms with Crippen molar-refractivity contribution in [3.63, 3.8) is 0 Å². The van der Waals surface area contributed by atoms with Crippen LogP contribution in [0.4, 0.5) is 0 Å². The lowest BCUT2D eigenvalue weighted by Crippen LogP contribution is -2.35. The van der Waals surface area contributed by atoms with E-state index >= 15 is 0 Å². The summed E-state index contributed by atoms with van der Waals surface area (Å²) in [7, 11) is 3.82. The van der Waals surface area contributed by atoms with E-state index in [1.165, 1.54) is 0 Å². The number of rotatable bonds is 3. The minimum atomic E-state index is 0.179. The molecule has 1 N–H and O–H groups in total. The first-order chi connectivity index (χ1) is 5.72. The Hall–Kier alpha value is -0.570. The van der Waals surface area contributed by atoms with Gasteiger partial charge in [-0.25, -0.2) is 0 Å². The molecule has 1 aliphatic rings. The van der Waals surface area contributed by atoms with E-state index in [1.54, 1.807) is 0 Å². The lowest BCUT2D eigenvalue weighted by Gasteiger charge is -2.17. The second kappa shape index (κ2) is 4.45. The van der Waals surface area contributed by atoms with Gasteiger partial charge in [0.1, 0.15) is 0 Å². The molecule has 0 spiro atoms. The van der Waals surface area contributed by atoms with Crippen molar-refractivity contribution in [3.8, 4) is 0 Å². The van der Waals surface area contributed by atoms with Gasteiger partial charge in [-0.3, -0.25) is 11.8 Å². The molecule has 1 aliphatic heterocycles. The van der Waals surface area contributed by atoms with Crippen LogP contribution in [-0.2, 0) is 4.79 Å². The number of hydrogen-bond acceptors (Lipinski definition) is 2. The third-order valence-electron chi connectivity index (χ3n) is 2.11. The molecule has 0 bridgehead atoms. The summed E-state index contributed by atoms with van der Waals surface area (Å²) in [4.78, 5) is 13.2. The van der Waals surface area contributed by atoms with Crippen LogP contribution in [0.2, 0.25) is 0 Å². The Morgan fingerprint density at radius 2 is 2.50 bits per heavy atom. The summed E-state index contributed by atoms with van der Waals surface area (Å²) >= 11 is 0. The molecule has 1 rings (SSSR count). The maximum absolute atomic E-state index is 11.2. The molecule has 1 atom stereocenters. The molecule has 0 unspecified atom stereocenters. The van der Waals surface area contributed by atoms with Gasteiger partial charge in [-0.1, -0.05) is 6.92 Å². The van der Waals surface area contributed by atoms with E-state index < -0.39 is 0 Å². The normalized spacial score (nSPS) is 24.3. The SMILES string of the molecule is [CH2-]N1CC[C@H](NC(=O)CCC)C1. The van der Waals surface area contributed by atoms with E-state index in [0.717, 1.165) is 25.9 Å². The fraction of sp³-hybridized carbons (Fsp3) is 0.778. The van der Waals surface area contributed by atoms with Crippen molar-refractivity contribution >= 4 is 5.91 Å². The Balaban J connectivity index is 2.18. The third kappa shape index (κ3) is 2.81. The minimum Gasteiger partial charge on any atom is -0.457 e. The highest BCUT2D eigenvalue weighted by Crippen LogP contribution is 2.07. The molecule has 0 aliphatic carbocycles. The first-order valence-electron chi connectivity index (χ1n) is 4.57. The molecule has 0 aromatic heterocycles. The van der Waals surface area contributed by atoms with E-state index in [2.05, 4.69) is 12.4 Å². The van der Waals surface area contributed by atoms with Gasteiger partial charge in [0.05, 0.1) is 0 Å². The average molecular weight is 169 g/mol. The van der Waals surface area contributed by atoms with Crippen LogP contribution in [0.15, 0.2) is 0 Å². The van der Waals surface area contributed by atoms with Crippen LogP contribution in [0, 0.1) is 7.05 Å². The molecule has 1 saturated heterocycles. The van der Waals surface area contributed by atoms with Crippen molar-refractivity contribution in [2.45, 2.75) is 32.2 Å². The van der Waals surface area contributed by atoms with Crippen molar-refractivity contribution in [1.29, 1.82) is 0 Å². The lowest BCUT2D eigenvalue weighted by atomic mass is 10.2. The average Bonchev–Trinajstić information content (AvgIpc) is 2.36. The standard InChI is InChI=1S/C9H17N2O/c1-3-4-9(12)10-8-5-6-11(2)7-8/h8H,2-7H2,1H3,(H,10,12)/q-1/t8-/m0/s1. The van der Waals surface area contributed by atoms with Gasteiger partial charge < -0.3 is 10.2 Å². The fourth-order valence-corrected chi connectivity index (χ4v) is 1.48. The van der Waals surface area contributed by atoms with Crippen molar-refractivity contribution < 1.29 is 4.79 Å². The monoisotopic (exact) mass is 169 g/mol. The molecule has 1 fully saturated rings. The highest BCUT2D eigenvalue weighted by Gasteiger charge is 2.17. The Bertz CT molecular complexity index is 159. The van der Waals surface area contributed by atoms with E-state index in [9.17, 15) is 4.79 Å². The largest absolute Gasteiger partial charge is 0.457 e. The Kier molecular flexibility index (Phi) is 3.53. The third-order valence-corrected chi connectivity index (χ3v) is 2.11. The molecule has 12 heavy (non-hydrogen) atoms.